The van der Waals surface area contributed by atoms with E-state index in [9.17, 15) is 0 Å². The number of nitrogens with zero attached hydrogens (tertiary/aromatic N) is 2. The van der Waals surface area contributed by atoms with Crippen LogP contribution in [0.3, 0.4) is 0 Å². The lowest BCUT2D eigenvalue weighted by atomic mass is 10.1. The predicted molar refractivity (Wildman–Crippen MR) is 72.4 cm³/mol. The van der Waals surface area contributed by atoms with Gasteiger partial charge in [0, 0.05) is 14.1 Å². The van der Waals surface area contributed by atoms with E-state index < -0.39 is 6.14 Å². The van der Waals surface area contributed by atoms with Crippen LogP contribution in [0.25, 0.3) is 0 Å². The van der Waals surface area contributed by atoms with Gasteiger partial charge in [0.2, 0.25) is 0 Å². The van der Waals surface area contributed by atoms with Gasteiger partial charge in [0.15, 0.2) is 0 Å². The molecule has 2 heteroatoms. The van der Waals surface area contributed by atoms with Crippen LogP contribution in [-0.2, 0) is 0 Å². The number of anilines is 2. The Balaban J connectivity index is 2.16. The Kier molecular flexibility index (Phi) is 2.04. The molecule has 0 radical (unpaired) electrons. The lowest BCUT2D eigenvalue weighted by Gasteiger charge is -2.28. The molecular formula is C15H16N2. The van der Waals surface area contributed by atoms with Crippen LogP contribution in [0.1, 0.15) is 13.1 Å². The van der Waals surface area contributed by atoms with Crippen LogP contribution in [0.5, 0.6) is 0 Å². The van der Waals surface area contributed by atoms with Gasteiger partial charge >= 0.3 is 0 Å². The molecule has 0 bridgehead atoms. The Morgan fingerprint density at radius 3 is 1.82 bits per heavy atom. The van der Waals surface area contributed by atoms with Crippen LogP contribution in [0.2, 0.25) is 0 Å². The number of para-hydroxylation sites is 2. The average Bonchev–Trinajstić information content (AvgIpc) is 2.64. The molecule has 2 aromatic rings. The lowest BCUT2D eigenvalue weighted by molar-refractivity contribution is 0.694. The first-order chi connectivity index (χ1) is 8.65. The van der Waals surface area contributed by atoms with Crippen molar-refractivity contribution in [3.63, 3.8) is 0 Å². The fourth-order valence-electron chi connectivity index (χ4n) is 2.46. The van der Waals surface area contributed by atoms with E-state index in [2.05, 4.69) is 12.1 Å². The number of hydrogen-bond acceptors (Lipinski definition) is 2. The normalized spacial score (nSPS) is 17.9. The zero-order valence-corrected chi connectivity index (χ0v) is 10.1. The average molecular weight is 225 g/mol. The van der Waals surface area contributed by atoms with Crippen LogP contribution in [0, 0.1) is 0 Å². The molecular weight excluding hydrogens is 208 g/mol. The summed E-state index contributed by atoms with van der Waals surface area (Å²) in [6.07, 6.45) is -0.870. The maximum Gasteiger partial charge on any atom is 0.128 e. The molecule has 17 heavy (non-hydrogen) atoms. The first kappa shape index (κ1) is 9.11. The van der Waals surface area contributed by atoms with E-state index in [1.54, 1.807) is 0 Å². The van der Waals surface area contributed by atoms with E-state index in [1.165, 1.54) is 0 Å². The Morgan fingerprint density at radius 1 is 0.824 bits per heavy atom. The van der Waals surface area contributed by atoms with E-state index in [4.69, 9.17) is 1.37 Å². The highest BCUT2D eigenvalue weighted by Crippen LogP contribution is 2.43. The highest BCUT2D eigenvalue weighted by atomic mass is 15.4. The molecule has 1 heterocycles. The summed E-state index contributed by atoms with van der Waals surface area (Å²) in [6.45, 7) is 0. The van der Waals surface area contributed by atoms with Crippen molar-refractivity contribution in [3.05, 3.63) is 60.2 Å². The second-order valence-corrected chi connectivity index (χ2v) is 4.30. The number of fused-ring (bicyclic) bond motifs is 1. The molecule has 0 amide bonds. The first-order valence-electron chi connectivity index (χ1n) is 6.28. The summed E-state index contributed by atoms with van der Waals surface area (Å²) in [4.78, 5) is 4.02. The van der Waals surface area contributed by atoms with Crippen molar-refractivity contribution in [2.75, 3.05) is 23.9 Å². The highest BCUT2D eigenvalue weighted by Gasteiger charge is 2.31. The molecule has 1 aliphatic rings. The Morgan fingerprint density at radius 2 is 1.29 bits per heavy atom. The summed E-state index contributed by atoms with van der Waals surface area (Å²) in [6, 6.07) is 18.1. The van der Waals surface area contributed by atoms with E-state index >= 15 is 0 Å². The van der Waals surface area contributed by atoms with E-state index in [0.29, 0.717) is 0 Å². The summed E-state index contributed by atoms with van der Waals surface area (Å²) in [5.74, 6) is 0. The number of rotatable bonds is 1. The Labute approximate surface area is 104 Å². The minimum atomic E-state index is -0.870. The van der Waals surface area contributed by atoms with Gasteiger partial charge in [-0.05, 0) is 17.7 Å². The summed E-state index contributed by atoms with van der Waals surface area (Å²) in [5, 5.41) is 0. The monoisotopic (exact) mass is 225 g/mol. The van der Waals surface area contributed by atoms with Crippen molar-refractivity contribution in [2.45, 2.75) is 6.14 Å². The molecule has 86 valence electrons. The van der Waals surface area contributed by atoms with Crippen molar-refractivity contribution in [3.8, 4) is 0 Å². The van der Waals surface area contributed by atoms with E-state index in [0.717, 1.165) is 16.9 Å². The zero-order chi connectivity index (χ0) is 12.8. The highest BCUT2D eigenvalue weighted by molar-refractivity contribution is 5.77. The molecule has 0 saturated carbocycles. The van der Waals surface area contributed by atoms with Crippen molar-refractivity contribution < 1.29 is 1.37 Å². The molecule has 0 unspecified atom stereocenters. The minimum absolute atomic E-state index is 0.870. The van der Waals surface area contributed by atoms with Crippen LogP contribution < -0.4 is 9.80 Å². The van der Waals surface area contributed by atoms with Gasteiger partial charge in [0.05, 0.1) is 12.7 Å². The van der Waals surface area contributed by atoms with Gasteiger partial charge in [-0.15, -0.1) is 0 Å². The van der Waals surface area contributed by atoms with Gasteiger partial charge in [-0.25, -0.2) is 0 Å². The SMILES string of the molecule is [2H]C1(c2ccccc2)N(C)c2ccccc2N1C. The van der Waals surface area contributed by atoms with Crippen molar-refractivity contribution in [1.82, 2.24) is 0 Å². The second-order valence-electron chi connectivity index (χ2n) is 4.30. The Hall–Kier alpha value is -1.96. The molecule has 0 atom stereocenters. The van der Waals surface area contributed by atoms with Crippen LogP contribution in [0.15, 0.2) is 54.6 Å². The van der Waals surface area contributed by atoms with Crippen LogP contribution >= 0.6 is 0 Å². The molecule has 2 aromatic carbocycles. The molecule has 0 aromatic heterocycles. The molecule has 0 aliphatic carbocycles. The largest absolute Gasteiger partial charge is 0.349 e. The van der Waals surface area contributed by atoms with Gasteiger partial charge in [-0.2, -0.15) is 0 Å². The minimum Gasteiger partial charge on any atom is -0.349 e. The van der Waals surface area contributed by atoms with Crippen molar-refractivity contribution >= 4 is 11.4 Å². The summed E-state index contributed by atoms with van der Waals surface area (Å²) < 4.78 is 8.87. The van der Waals surface area contributed by atoms with Crippen molar-refractivity contribution in [1.29, 1.82) is 0 Å². The summed E-state index contributed by atoms with van der Waals surface area (Å²) >= 11 is 0. The second kappa shape index (κ2) is 3.81. The summed E-state index contributed by atoms with van der Waals surface area (Å²) in [5.41, 5.74) is 3.17. The molecule has 3 rings (SSSR count). The fourth-order valence-corrected chi connectivity index (χ4v) is 2.46. The third-order valence-corrected chi connectivity index (χ3v) is 3.27. The predicted octanol–water partition coefficient (Wildman–Crippen LogP) is 3.27. The smallest absolute Gasteiger partial charge is 0.128 e. The molecule has 0 saturated heterocycles. The van der Waals surface area contributed by atoms with Crippen molar-refractivity contribution in [2.24, 2.45) is 0 Å². The third-order valence-electron chi connectivity index (χ3n) is 3.27. The molecule has 0 fully saturated rings. The summed E-state index contributed by atoms with van der Waals surface area (Å²) in [7, 11) is 3.95. The van der Waals surface area contributed by atoms with E-state index in [-0.39, 0.29) is 0 Å². The van der Waals surface area contributed by atoms with Gasteiger partial charge < -0.3 is 9.80 Å². The molecule has 2 nitrogen and oxygen atoms in total. The third kappa shape index (κ3) is 1.48. The molecule has 0 spiro atoms. The van der Waals surface area contributed by atoms with Gasteiger partial charge in [0.1, 0.15) is 6.14 Å². The van der Waals surface area contributed by atoms with Crippen LogP contribution in [0.4, 0.5) is 11.4 Å². The van der Waals surface area contributed by atoms with Crippen LogP contribution in [-0.4, -0.2) is 14.1 Å². The van der Waals surface area contributed by atoms with Gasteiger partial charge in [-0.3, -0.25) is 0 Å². The maximum atomic E-state index is 8.87. The van der Waals surface area contributed by atoms with Gasteiger partial charge in [0.25, 0.3) is 0 Å². The quantitative estimate of drug-likeness (QED) is 0.735. The molecule has 0 N–H and O–H groups in total. The maximum absolute atomic E-state index is 8.87. The lowest BCUT2D eigenvalue weighted by Crippen LogP contribution is -2.30. The zero-order valence-electron chi connectivity index (χ0n) is 11.1. The standard InChI is InChI=1S/C15H16N2/c1-16-13-10-6-7-11-14(13)17(2)15(16)12-8-4-3-5-9-12/h3-11,15H,1-2H3/i15D. The van der Waals surface area contributed by atoms with E-state index in [1.807, 2.05) is 66.4 Å². The molecule has 1 aliphatic heterocycles. The number of benzene rings is 2. The topological polar surface area (TPSA) is 6.48 Å². The van der Waals surface area contributed by atoms with Gasteiger partial charge in [-0.1, -0.05) is 42.5 Å². The number of hydrogen-bond donors (Lipinski definition) is 0. The fraction of sp³-hybridized carbons (Fsp3) is 0.200. The first-order valence-corrected chi connectivity index (χ1v) is 5.78. The Bertz CT molecular complexity index is 539.